The minimum Gasteiger partial charge on any atom is -0.460 e. The lowest BCUT2D eigenvalue weighted by molar-refractivity contribution is 0.0728. The van der Waals surface area contributed by atoms with Gasteiger partial charge in [-0.2, -0.15) is 0 Å². The molecule has 35 heavy (non-hydrogen) atoms. The summed E-state index contributed by atoms with van der Waals surface area (Å²) in [6.07, 6.45) is 4.66. The molecule has 0 radical (unpaired) electrons. The fraction of sp³-hybridized carbons (Fsp3) is 0.346. The summed E-state index contributed by atoms with van der Waals surface area (Å²) in [6, 6.07) is 9.35. The van der Waals surface area contributed by atoms with Gasteiger partial charge in [0.2, 0.25) is 0 Å². The quantitative estimate of drug-likeness (QED) is 0.413. The fourth-order valence-corrected chi connectivity index (χ4v) is 5.55. The first-order valence-electron chi connectivity index (χ1n) is 11.7. The van der Waals surface area contributed by atoms with E-state index in [1.807, 2.05) is 23.1 Å². The molecule has 1 aromatic carbocycles. The Hall–Kier alpha value is -3.43. The van der Waals surface area contributed by atoms with E-state index in [0.29, 0.717) is 51.9 Å². The number of hydrogen-bond acceptors (Lipinski definition) is 7. The smallest absolute Gasteiger partial charge is 0.264 e. The number of benzene rings is 1. The number of amides is 2. The second-order valence-corrected chi connectivity index (χ2v) is 10.1. The van der Waals surface area contributed by atoms with Crippen molar-refractivity contribution in [3.05, 3.63) is 52.7 Å². The summed E-state index contributed by atoms with van der Waals surface area (Å²) >= 11 is 1.38. The molecule has 4 heterocycles. The van der Waals surface area contributed by atoms with Crippen molar-refractivity contribution in [2.45, 2.75) is 38.3 Å². The number of methoxy groups -OCH3 is 1. The summed E-state index contributed by atoms with van der Waals surface area (Å²) in [5.74, 6) is 1.67. The van der Waals surface area contributed by atoms with E-state index in [1.165, 1.54) is 11.3 Å². The monoisotopic (exact) mass is 491 g/mol. The van der Waals surface area contributed by atoms with Crippen LogP contribution in [0.15, 0.2) is 40.9 Å². The van der Waals surface area contributed by atoms with E-state index in [9.17, 15) is 9.59 Å². The number of thiophene rings is 1. The number of nitrogens with one attached hydrogen (secondary N) is 1. The number of rotatable bonds is 6. The van der Waals surface area contributed by atoms with Gasteiger partial charge in [-0.3, -0.25) is 14.6 Å². The zero-order valence-electron chi connectivity index (χ0n) is 19.5. The van der Waals surface area contributed by atoms with Crippen molar-refractivity contribution in [2.75, 3.05) is 20.2 Å². The predicted molar refractivity (Wildman–Crippen MR) is 132 cm³/mol. The van der Waals surface area contributed by atoms with Crippen molar-refractivity contribution >= 4 is 44.3 Å². The summed E-state index contributed by atoms with van der Waals surface area (Å²) in [4.78, 5) is 32.6. The average molecular weight is 492 g/mol. The Morgan fingerprint density at radius 1 is 1.20 bits per heavy atom. The van der Waals surface area contributed by atoms with E-state index >= 15 is 0 Å². The number of furan rings is 1. The van der Waals surface area contributed by atoms with Crippen LogP contribution in [0.2, 0.25) is 0 Å². The number of carbonyl (C=O) groups excluding carboxylic acids is 2. The Labute approximate surface area is 205 Å². The van der Waals surface area contributed by atoms with E-state index in [4.69, 9.17) is 13.9 Å². The van der Waals surface area contributed by atoms with Gasteiger partial charge in [0, 0.05) is 50.0 Å². The SMILES string of the molecule is COC1CCN(C(=O)c2cc3nccc(Oc4ccc5c(C(=O)NC6CC6)c(C)oc5c4)c3s2)C1. The normalized spacial score (nSPS) is 17.9. The van der Waals surface area contributed by atoms with Crippen molar-refractivity contribution in [3.63, 3.8) is 0 Å². The molecule has 3 aromatic heterocycles. The molecule has 2 amide bonds. The lowest BCUT2D eigenvalue weighted by Gasteiger charge is -2.14. The maximum atomic E-state index is 13.0. The van der Waals surface area contributed by atoms with Crippen LogP contribution in [0.25, 0.3) is 21.2 Å². The number of pyridine rings is 1. The van der Waals surface area contributed by atoms with Gasteiger partial charge in [0.1, 0.15) is 22.8 Å². The van der Waals surface area contributed by atoms with Gasteiger partial charge in [0.25, 0.3) is 11.8 Å². The van der Waals surface area contributed by atoms with Gasteiger partial charge < -0.3 is 24.1 Å². The average Bonchev–Trinajstić information content (AvgIpc) is 3.24. The molecule has 1 aliphatic carbocycles. The Balaban J connectivity index is 1.27. The minimum atomic E-state index is -0.0983. The van der Waals surface area contributed by atoms with Crippen LogP contribution in [-0.4, -0.2) is 54.0 Å². The number of nitrogens with zero attached hydrogens (tertiary/aromatic N) is 2. The number of likely N-dealkylation sites (tertiary alicyclic amines) is 1. The van der Waals surface area contributed by atoms with Gasteiger partial charge in [-0.15, -0.1) is 11.3 Å². The molecule has 4 aromatic rings. The number of aromatic nitrogens is 1. The Kier molecular flexibility index (Phi) is 5.46. The van der Waals surface area contributed by atoms with Gasteiger partial charge in [-0.05, 0) is 44.4 Å². The van der Waals surface area contributed by atoms with E-state index in [-0.39, 0.29) is 24.0 Å². The zero-order valence-corrected chi connectivity index (χ0v) is 20.3. The van der Waals surface area contributed by atoms with Crippen LogP contribution in [0.4, 0.5) is 0 Å². The molecular formula is C26H25N3O5S. The summed E-state index contributed by atoms with van der Waals surface area (Å²) < 4.78 is 18.3. The van der Waals surface area contributed by atoms with Crippen molar-refractivity contribution in [2.24, 2.45) is 0 Å². The van der Waals surface area contributed by atoms with Crippen molar-refractivity contribution in [3.8, 4) is 11.5 Å². The van der Waals surface area contributed by atoms with E-state index in [1.54, 1.807) is 32.4 Å². The van der Waals surface area contributed by atoms with Gasteiger partial charge in [0.05, 0.1) is 26.8 Å². The van der Waals surface area contributed by atoms with E-state index in [0.717, 1.165) is 29.3 Å². The highest BCUT2D eigenvalue weighted by molar-refractivity contribution is 7.21. The van der Waals surface area contributed by atoms with E-state index in [2.05, 4.69) is 10.3 Å². The predicted octanol–water partition coefficient (Wildman–Crippen LogP) is 4.90. The van der Waals surface area contributed by atoms with Crippen molar-refractivity contribution in [1.82, 2.24) is 15.2 Å². The molecule has 1 N–H and O–H groups in total. The third-order valence-electron chi connectivity index (χ3n) is 6.56. The summed E-state index contributed by atoms with van der Waals surface area (Å²) in [5, 5.41) is 3.79. The molecule has 0 spiro atoms. The molecule has 1 saturated carbocycles. The topological polar surface area (TPSA) is 93.9 Å². The van der Waals surface area contributed by atoms with Crippen molar-refractivity contribution < 1.29 is 23.5 Å². The molecule has 0 bridgehead atoms. The molecule has 8 nitrogen and oxygen atoms in total. The first-order chi connectivity index (χ1) is 17.0. The number of aryl methyl sites for hydroxylation is 1. The molecule has 1 unspecified atom stereocenters. The third kappa shape index (κ3) is 4.15. The van der Waals surface area contributed by atoms with Crippen LogP contribution >= 0.6 is 11.3 Å². The molecule has 6 rings (SSSR count). The van der Waals surface area contributed by atoms with Crippen LogP contribution < -0.4 is 10.1 Å². The maximum absolute atomic E-state index is 13.0. The van der Waals surface area contributed by atoms with Gasteiger partial charge in [0.15, 0.2) is 0 Å². The third-order valence-corrected chi connectivity index (χ3v) is 7.68. The molecule has 1 atom stereocenters. The van der Waals surface area contributed by atoms with Crippen LogP contribution in [0.5, 0.6) is 11.5 Å². The van der Waals surface area contributed by atoms with Crippen molar-refractivity contribution in [1.29, 1.82) is 0 Å². The van der Waals surface area contributed by atoms with Gasteiger partial charge in [-0.25, -0.2) is 0 Å². The fourth-order valence-electron chi connectivity index (χ4n) is 4.52. The maximum Gasteiger partial charge on any atom is 0.264 e. The second-order valence-electron chi connectivity index (χ2n) is 9.07. The molecule has 2 fully saturated rings. The van der Waals surface area contributed by atoms with Crippen LogP contribution in [-0.2, 0) is 4.74 Å². The molecule has 180 valence electrons. The zero-order chi connectivity index (χ0) is 24.1. The minimum absolute atomic E-state index is 0.0111. The van der Waals surface area contributed by atoms with Gasteiger partial charge >= 0.3 is 0 Å². The molecule has 9 heteroatoms. The van der Waals surface area contributed by atoms with E-state index < -0.39 is 0 Å². The number of ether oxygens (including phenoxy) is 2. The summed E-state index contributed by atoms with van der Waals surface area (Å²) in [5.41, 5.74) is 1.88. The lowest BCUT2D eigenvalue weighted by atomic mass is 10.1. The largest absolute Gasteiger partial charge is 0.460 e. The number of hydrogen-bond donors (Lipinski definition) is 1. The van der Waals surface area contributed by atoms with Crippen LogP contribution in [0.1, 0.15) is 45.1 Å². The number of carbonyl (C=O) groups is 2. The molecule has 2 aliphatic rings. The molecular weight excluding hydrogens is 466 g/mol. The number of fused-ring (bicyclic) bond motifs is 2. The van der Waals surface area contributed by atoms with Crippen LogP contribution in [0, 0.1) is 6.92 Å². The standard InChI is InChI=1S/C26H25N3O5S/c1-14-23(25(30)28-15-3-4-15)18-6-5-16(11-21(18)33-14)34-20-7-9-27-19-12-22(35-24(19)20)26(31)29-10-8-17(13-29)32-2/h5-7,9,11-12,15,17H,3-4,8,10,13H2,1-2H3,(H,28,30). The highest BCUT2D eigenvalue weighted by Gasteiger charge is 2.29. The summed E-state index contributed by atoms with van der Waals surface area (Å²) in [6.45, 7) is 3.09. The molecule has 1 aliphatic heterocycles. The highest BCUT2D eigenvalue weighted by atomic mass is 32.1. The highest BCUT2D eigenvalue weighted by Crippen LogP contribution is 2.37. The summed E-state index contributed by atoms with van der Waals surface area (Å²) in [7, 11) is 1.68. The first-order valence-corrected chi connectivity index (χ1v) is 12.5. The Bertz CT molecular complexity index is 1450. The first kappa shape index (κ1) is 22.1. The Morgan fingerprint density at radius 3 is 2.83 bits per heavy atom. The second kappa shape index (κ2) is 8.66. The Morgan fingerprint density at radius 2 is 2.06 bits per heavy atom. The molecule has 1 saturated heterocycles. The lowest BCUT2D eigenvalue weighted by Crippen LogP contribution is -2.29. The van der Waals surface area contributed by atoms with Gasteiger partial charge in [-0.1, -0.05) is 0 Å². The van der Waals surface area contributed by atoms with Crippen LogP contribution in [0.3, 0.4) is 0 Å².